The molecule has 1 atom stereocenters. The summed E-state index contributed by atoms with van der Waals surface area (Å²) in [6.07, 6.45) is -1.15. The maximum atomic E-state index is 10.7. The number of hydrogen-bond acceptors (Lipinski definition) is 5. The molecule has 1 aromatic rings. The minimum absolute atomic E-state index is 0.0126. The van der Waals surface area contributed by atoms with E-state index in [-0.39, 0.29) is 24.2 Å². The van der Waals surface area contributed by atoms with Crippen LogP contribution in [0.5, 0.6) is 0 Å². The first kappa shape index (κ1) is 14.5. The number of nitro groups is 1. The van der Waals surface area contributed by atoms with Crippen molar-refractivity contribution in [3.63, 3.8) is 0 Å². The molecule has 0 amide bonds. The zero-order valence-corrected chi connectivity index (χ0v) is 10.1. The lowest BCUT2D eigenvalue weighted by molar-refractivity contribution is -0.386. The average molecular weight is 275 g/mol. The van der Waals surface area contributed by atoms with Crippen LogP contribution in [0.15, 0.2) is 24.3 Å². The van der Waals surface area contributed by atoms with E-state index in [1.165, 1.54) is 18.2 Å². The van der Waals surface area contributed by atoms with Crippen LogP contribution in [-0.4, -0.2) is 25.0 Å². The molecule has 0 radical (unpaired) electrons. The first-order valence-corrected chi connectivity index (χ1v) is 6.54. The van der Waals surface area contributed by atoms with Crippen LogP contribution in [0.25, 0.3) is 0 Å². The Balaban J connectivity index is 2.73. The summed E-state index contributed by atoms with van der Waals surface area (Å²) in [6, 6.07) is 5.72. The van der Waals surface area contributed by atoms with Crippen molar-refractivity contribution in [2.45, 2.75) is 12.5 Å². The molecule has 9 heteroatoms. The maximum absolute atomic E-state index is 10.7. The molecule has 0 heterocycles. The van der Waals surface area contributed by atoms with Crippen molar-refractivity contribution < 1.29 is 18.4 Å². The molecule has 0 spiro atoms. The van der Waals surface area contributed by atoms with Gasteiger partial charge in [0.2, 0.25) is 0 Å². The molecule has 0 aromatic heterocycles. The number of aliphatic hydroxyl groups excluding tert-OH is 1. The first-order chi connectivity index (χ1) is 8.31. The predicted molar refractivity (Wildman–Crippen MR) is 63.8 cm³/mol. The Labute approximate surface area is 104 Å². The third-order valence-electron chi connectivity index (χ3n) is 2.21. The van der Waals surface area contributed by atoms with Crippen molar-refractivity contribution >= 4 is 15.9 Å². The van der Waals surface area contributed by atoms with Gasteiger partial charge in [-0.05, 0) is 12.5 Å². The largest absolute Gasteiger partial charge is 0.388 e. The minimum atomic E-state index is -3.82. The number of rotatable bonds is 6. The Bertz CT molecular complexity index is 531. The lowest BCUT2D eigenvalue weighted by atomic mass is 10.0. The van der Waals surface area contributed by atoms with E-state index in [0.29, 0.717) is 0 Å². The Hall–Kier alpha value is -1.55. The molecule has 1 aromatic carbocycles. The van der Waals surface area contributed by atoms with Gasteiger partial charge in [0.15, 0.2) is 0 Å². The fraction of sp³-hybridized carbons (Fsp3) is 0.333. The van der Waals surface area contributed by atoms with Gasteiger partial charge in [0, 0.05) is 12.6 Å². The van der Waals surface area contributed by atoms with Crippen molar-refractivity contribution in [2.24, 2.45) is 5.14 Å². The fourth-order valence-electron chi connectivity index (χ4n) is 1.43. The van der Waals surface area contributed by atoms with Gasteiger partial charge in [-0.3, -0.25) is 10.1 Å². The van der Waals surface area contributed by atoms with Crippen LogP contribution in [0.2, 0.25) is 0 Å². The number of para-hydroxylation sites is 1. The van der Waals surface area contributed by atoms with E-state index in [9.17, 15) is 23.6 Å². The van der Waals surface area contributed by atoms with E-state index < -0.39 is 21.2 Å². The monoisotopic (exact) mass is 275 g/mol. The highest BCUT2D eigenvalue weighted by Gasteiger charge is 2.19. The lowest BCUT2D eigenvalue weighted by Crippen LogP contribution is -2.32. The average Bonchev–Trinajstić information content (AvgIpc) is 2.27. The van der Waals surface area contributed by atoms with Crippen LogP contribution in [-0.2, 0) is 10.2 Å². The van der Waals surface area contributed by atoms with E-state index in [1.807, 2.05) is 4.72 Å². The summed E-state index contributed by atoms with van der Waals surface area (Å²) >= 11 is 0. The second kappa shape index (κ2) is 5.87. The Morgan fingerprint density at radius 1 is 1.44 bits per heavy atom. The van der Waals surface area contributed by atoms with Gasteiger partial charge < -0.3 is 5.11 Å². The van der Waals surface area contributed by atoms with E-state index >= 15 is 0 Å². The van der Waals surface area contributed by atoms with Crippen LogP contribution in [0.3, 0.4) is 0 Å². The van der Waals surface area contributed by atoms with Gasteiger partial charge >= 0.3 is 0 Å². The Morgan fingerprint density at radius 2 is 2.06 bits per heavy atom. The normalized spacial score (nSPS) is 13.2. The maximum Gasteiger partial charge on any atom is 0.275 e. The number of aliphatic hydroxyl groups is 1. The summed E-state index contributed by atoms with van der Waals surface area (Å²) in [7, 11) is -3.82. The molecular weight excluding hydrogens is 262 g/mol. The molecule has 1 rings (SSSR count). The summed E-state index contributed by atoms with van der Waals surface area (Å²) < 4.78 is 23.2. The van der Waals surface area contributed by atoms with Crippen LogP contribution in [0, 0.1) is 10.1 Å². The summed E-state index contributed by atoms with van der Waals surface area (Å²) in [6.45, 7) is -0.105. The van der Waals surface area contributed by atoms with Crippen molar-refractivity contribution in [3.8, 4) is 0 Å². The van der Waals surface area contributed by atoms with Gasteiger partial charge in [-0.15, -0.1) is 0 Å². The highest BCUT2D eigenvalue weighted by molar-refractivity contribution is 7.87. The molecule has 8 nitrogen and oxygen atoms in total. The third-order valence-corrected chi connectivity index (χ3v) is 2.82. The van der Waals surface area contributed by atoms with Crippen molar-refractivity contribution in [3.05, 3.63) is 39.9 Å². The smallest absolute Gasteiger partial charge is 0.275 e. The van der Waals surface area contributed by atoms with Gasteiger partial charge in [0.25, 0.3) is 15.9 Å². The van der Waals surface area contributed by atoms with Gasteiger partial charge in [-0.25, -0.2) is 9.86 Å². The lowest BCUT2D eigenvalue weighted by Gasteiger charge is -2.11. The summed E-state index contributed by atoms with van der Waals surface area (Å²) in [5, 5.41) is 25.2. The van der Waals surface area contributed by atoms with E-state index in [2.05, 4.69) is 0 Å². The number of nitro benzene ring substituents is 1. The second-order valence-electron chi connectivity index (χ2n) is 3.56. The van der Waals surface area contributed by atoms with Gasteiger partial charge in [-0.2, -0.15) is 8.42 Å². The molecule has 18 heavy (non-hydrogen) atoms. The number of nitrogens with one attached hydrogen (secondary N) is 1. The zero-order chi connectivity index (χ0) is 13.8. The molecule has 0 saturated heterocycles. The summed E-state index contributed by atoms with van der Waals surface area (Å²) in [4.78, 5) is 10.1. The van der Waals surface area contributed by atoms with Crippen molar-refractivity contribution in [1.82, 2.24) is 4.72 Å². The van der Waals surface area contributed by atoms with E-state index in [0.717, 1.165) is 0 Å². The minimum Gasteiger partial charge on any atom is -0.388 e. The molecule has 0 fully saturated rings. The quantitative estimate of drug-likeness (QED) is 0.488. The highest BCUT2D eigenvalue weighted by atomic mass is 32.2. The molecule has 4 N–H and O–H groups in total. The number of nitrogens with zero attached hydrogens (tertiary/aromatic N) is 1. The fourth-order valence-corrected chi connectivity index (χ4v) is 1.83. The van der Waals surface area contributed by atoms with Crippen LogP contribution < -0.4 is 9.86 Å². The first-order valence-electron chi connectivity index (χ1n) is 5.00. The number of nitrogens with two attached hydrogens (primary N) is 1. The zero-order valence-electron chi connectivity index (χ0n) is 9.31. The number of hydrogen-bond donors (Lipinski definition) is 3. The van der Waals surface area contributed by atoms with E-state index in [4.69, 9.17) is 5.14 Å². The second-order valence-corrected chi connectivity index (χ2v) is 4.94. The molecule has 1 unspecified atom stereocenters. The van der Waals surface area contributed by atoms with Gasteiger partial charge in [-0.1, -0.05) is 12.1 Å². The van der Waals surface area contributed by atoms with Crippen LogP contribution >= 0.6 is 0 Å². The topological polar surface area (TPSA) is 136 Å². The SMILES string of the molecule is NS(=O)(=O)NCCC(O)c1ccccc1[N+](=O)[O-]. The highest BCUT2D eigenvalue weighted by Crippen LogP contribution is 2.26. The summed E-state index contributed by atoms with van der Waals surface area (Å²) in [5.41, 5.74) is -0.0701. The molecule has 0 saturated carbocycles. The standard InChI is InChI=1S/C9H13N3O5S/c10-18(16,17)11-6-5-9(13)7-3-1-2-4-8(7)12(14)15/h1-4,9,11,13H,5-6H2,(H2,10,16,17). The van der Waals surface area contributed by atoms with Gasteiger partial charge in [0.1, 0.15) is 0 Å². The predicted octanol–water partition coefficient (Wildman–Crippen LogP) is -0.189. The van der Waals surface area contributed by atoms with E-state index in [1.54, 1.807) is 6.07 Å². The van der Waals surface area contributed by atoms with Crippen molar-refractivity contribution in [2.75, 3.05) is 6.54 Å². The Kier molecular flexibility index (Phi) is 4.73. The van der Waals surface area contributed by atoms with Gasteiger partial charge in [0.05, 0.1) is 16.6 Å². The molecule has 100 valence electrons. The molecule has 0 aliphatic rings. The molecule has 0 aliphatic carbocycles. The molecule has 0 bridgehead atoms. The van der Waals surface area contributed by atoms with Crippen molar-refractivity contribution in [1.29, 1.82) is 0 Å². The summed E-state index contributed by atoms with van der Waals surface area (Å²) in [5.74, 6) is 0. The third kappa shape index (κ3) is 4.37. The molecular formula is C9H13N3O5S. The molecule has 0 aliphatic heterocycles. The van der Waals surface area contributed by atoms with Crippen LogP contribution in [0.4, 0.5) is 5.69 Å². The number of benzene rings is 1. The Morgan fingerprint density at radius 3 is 2.61 bits per heavy atom. The van der Waals surface area contributed by atoms with Crippen LogP contribution in [0.1, 0.15) is 18.1 Å².